The smallest absolute Gasteiger partial charge is 0.337 e. The SMILES string of the molecule is CC.Cc1cc(CCn2ccc3cccc(C(=O)O)c32)cc(-c2ccc3c(c2)C(N)CO3)c1. The molecule has 3 aromatic carbocycles. The lowest BCUT2D eigenvalue weighted by molar-refractivity contribution is 0.0698. The minimum atomic E-state index is -0.901. The number of hydrogen-bond donors (Lipinski definition) is 2. The molecule has 0 saturated carbocycles. The van der Waals surface area contributed by atoms with Crippen LogP contribution in [0.4, 0.5) is 0 Å². The summed E-state index contributed by atoms with van der Waals surface area (Å²) in [5, 5.41) is 10.5. The summed E-state index contributed by atoms with van der Waals surface area (Å²) >= 11 is 0. The van der Waals surface area contributed by atoms with Crippen LogP contribution in [0, 0.1) is 6.92 Å². The number of aromatic nitrogens is 1. The van der Waals surface area contributed by atoms with E-state index in [1.807, 2.05) is 42.8 Å². The first-order chi connectivity index (χ1) is 16.0. The number of carbonyl (C=O) groups is 1. The molecule has 1 aromatic heterocycles. The van der Waals surface area contributed by atoms with Gasteiger partial charge in [0.2, 0.25) is 0 Å². The van der Waals surface area contributed by atoms with Crippen LogP contribution in [-0.2, 0) is 13.0 Å². The van der Waals surface area contributed by atoms with Crippen molar-refractivity contribution in [1.29, 1.82) is 0 Å². The van der Waals surface area contributed by atoms with Gasteiger partial charge in [-0.3, -0.25) is 0 Å². The van der Waals surface area contributed by atoms with Gasteiger partial charge in [0.1, 0.15) is 12.4 Å². The molecule has 0 amide bonds. The van der Waals surface area contributed by atoms with Crippen molar-refractivity contribution >= 4 is 16.9 Å². The second-order valence-electron chi connectivity index (χ2n) is 8.19. The first kappa shape index (κ1) is 22.6. The Labute approximate surface area is 194 Å². The number of aryl methyl sites for hydroxylation is 3. The van der Waals surface area contributed by atoms with Crippen LogP contribution < -0.4 is 10.5 Å². The van der Waals surface area contributed by atoms with Crippen LogP contribution in [0.25, 0.3) is 22.0 Å². The molecule has 2 heterocycles. The molecule has 0 aliphatic carbocycles. The van der Waals surface area contributed by atoms with Gasteiger partial charge in [-0.1, -0.05) is 55.8 Å². The van der Waals surface area contributed by atoms with Crippen molar-refractivity contribution in [3.8, 4) is 16.9 Å². The molecule has 5 heteroatoms. The summed E-state index contributed by atoms with van der Waals surface area (Å²) in [5.41, 5.74) is 13.0. The summed E-state index contributed by atoms with van der Waals surface area (Å²) < 4.78 is 7.66. The van der Waals surface area contributed by atoms with Crippen LogP contribution in [-0.4, -0.2) is 22.2 Å². The average molecular weight is 443 g/mol. The van der Waals surface area contributed by atoms with E-state index in [1.54, 1.807) is 12.1 Å². The fourth-order valence-corrected chi connectivity index (χ4v) is 4.46. The Morgan fingerprint density at radius 2 is 1.91 bits per heavy atom. The first-order valence-corrected chi connectivity index (χ1v) is 11.4. The van der Waals surface area contributed by atoms with E-state index in [-0.39, 0.29) is 6.04 Å². The molecule has 0 spiro atoms. The van der Waals surface area contributed by atoms with Crippen molar-refractivity contribution < 1.29 is 14.6 Å². The largest absolute Gasteiger partial charge is 0.491 e. The van der Waals surface area contributed by atoms with E-state index in [9.17, 15) is 9.90 Å². The van der Waals surface area contributed by atoms with E-state index < -0.39 is 5.97 Å². The molecule has 4 aromatic rings. The lowest BCUT2D eigenvalue weighted by Crippen LogP contribution is -2.10. The number of para-hydroxylation sites is 1. The third-order valence-electron chi connectivity index (χ3n) is 5.96. The molecule has 3 N–H and O–H groups in total. The van der Waals surface area contributed by atoms with Gasteiger partial charge in [0.05, 0.1) is 17.1 Å². The lowest BCUT2D eigenvalue weighted by Gasteiger charge is -2.12. The van der Waals surface area contributed by atoms with Crippen molar-refractivity contribution in [3.63, 3.8) is 0 Å². The van der Waals surface area contributed by atoms with Gasteiger partial charge < -0.3 is 20.1 Å². The maximum Gasteiger partial charge on any atom is 0.337 e. The Balaban J connectivity index is 0.00000126. The molecule has 170 valence electrons. The lowest BCUT2D eigenvalue weighted by atomic mass is 9.96. The predicted octanol–water partition coefficient (Wildman–Crippen LogP) is 5.98. The zero-order valence-corrected chi connectivity index (χ0v) is 19.3. The van der Waals surface area contributed by atoms with E-state index in [1.165, 1.54) is 11.1 Å². The molecule has 5 rings (SSSR count). The molecule has 1 aliphatic rings. The molecule has 1 atom stereocenters. The normalized spacial score (nSPS) is 14.4. The van der Waals surface area contributed by atoms with Gasteiger partial charge in [-0.15, -0.1) is 0 Å². The Hall–Kier alpha value is -3.57. The number of fused-ring (bicyclic) bond motifs is 2. The summed E-state index contributed by atoms with van der Waals surface area (Å²) in [6.07, 6.45) is 2.77. The van der Waals surface area contributed by atoms with Crippen LogP contribution in [0.15, 0.2) is 66.9 Å². The zero-order chi connectivity index (χ0) is 23.5. The second kappa shape index (κ2) is 9.51. The van der Waals surface area contributed by atoms with Gasteiger partial charge in [-0.2, -0.15) is 0 Å². The van der Waals surface area contributed by atoms with Crippen molar-refractivity contribution in [1.82, 2.24) is 4.57 Å². The third-order valence-corrected chi connectivity index (χ3v) is 5.96. The van der Waals surface area contributed by atoms with E-state index in [0.717, 1.165) is 39.8 Å². The second-order valence-corrected chi connectivity index (χ2v) is 8.19. The van der Waals surface area contributed by atoms with E-state index in [4.69, 9.17) is 10.5 Å². The first-order valence-electron chi connectivity index (χ1n) is 11.4. The van der Waals surface area contributed by atoms with Gasteiger partial charge in [0.25, 0.3) is 0 Å². The number of hydrogen-bond acceptors (Lipinski definition) is 3. The van der Waals surface area contributed by atoms with Crippen LogP contribution in [0.3, 0.4) is 0 Å². The molecule has 0 saturated heterocycles. The van der Waals surface area contributed by atoms with Crippen LogP contribution in [0.1, 0.15) is 46.9 Å². The average Bonchev–Trinajstić information content (AvgIpc) is 3.41. The molecule has 1 aliphatic heterocycles. The molecule has 0 radical (unpaired) electrons. The van der Waals surface area contributed by atoms with Gasteiger partial charge in [0, 0.05) is 23.7 Å². The number of rotatable bonds is 5. The number of ether oxygens (including phenoxy) is 1. The number of benzene rings is 3. The number of nitrogens with two attached hydrogens (primary N) is 1. The van der Waals surface area contributed by atoms with Crippen molar-refractivity contribution in [2.45, 2.75) is 39.8 Å². The van der Waals surface area contributed by atoms with Crippen LogP contribution in [0.5, 0.6) is 5.75 Å². The molecule has 1 unspecified atom stereocenters. The minimum Gasteiger partial charge on any atom is -0.491 e. The number of carboxylic acids is 1. The molecular weight excluding hydrogens is 412 g/mol. The zero-order valence-electron chi connectivity index (χ0n) is 19.3. The summed E-state index contributed by atoms with van der Waals surface area (Å²) in [6, 6.07) is 20.1. The van der Waals surface area contributed by atoms with E-state index >= 15 is 0 Å². The maximum atomic E-state index is 11.7. The predicted molar refractivity (Wildman–Crippen MR) is 133 cm³/mol. The minimum absolute atomic E-state index is 0.0790. The highest BCUT2D eigenvalue weighted by Gasteiger charge is 2.21. The van der Waals surface area contributed by atoms with Gasteiger partial charge in [0.15, 0.2) is 0 Å². The molecule has 0 bridgehead atoms. The van der Waals surface area contributed by atoms with Crippen LogP contribution >= 0.6 is 0 Å². The molecular formula is C28H30N2O3. The highest BCUT2D eigenvalue weighted by molar-refractivity contribution is 6.02. The highest BCUT2D eigenvalue weighted by Crippen LogP contribution is 2.35. The van der Waals surface area contributed by atoms with Crippen molar-refractivity contribution in [2.24, 2.45) is 5.73 Å². The molecule has 5 nitrogen and oxygen atoms in total. The Morgan fingerprint density at radius 1 is 1.09 bits per heavy atom. The highest BCUT2D eigenvalue weighted by atomic mass is 16.5. The third kappa shape index (κ3) is 4.50. The summed E-state index contributed by atoms with van der Waals surface area (Å²) in [7, 11) is 0. The number of nitrogens with zero attached hydrogens (tertiary/aromatic N) is 1. The standard InChI is InChI=1S/C26H24N2O3.C2H6/c1-16-11-17(7-9-28-10-8-18-3-2-4-21(25(18)28)26(29)30)13-20(12-16)19-5-6-24-22(14-19)23(27)15-31-24;1-2/h2-6,8,10-14,23H,7,9,15,27H2,1H3,(H,29,30);1-2H3. The Bertz CT molecular complexity index is 1310. The fourth-order valence-electron chi connectivity index (χ4n) is 4.46. The number of carboxylic acid groups (broad SMARTS) is 1. The monoisotopic (exact) mass is 442 g/mol. The van der Waals surface area contributed by atoms with Gasteiger partial charge in [-0.05, 0) is 54.3 Å². The maximum absolute atomic E-state index is 11.7. The summed E-state index contributed by atoms with van der Waals surface area (Å²) in [5.74, 6) is -0.0277. The number of aromatic carboxylic acids is 1. The Morgan fingerprint density at radius 3 is 2.70 bits per heavy atom. The van der Waals surface area contributed by atoms with Gasteiger partial charge in [-0.25, -0.2) is 4.79 Å². The van der Waals surface area contributed by atoms with Crippen LogP contribution in [0.2, 0.25) is 0 Å². The van der Waals surface area contributed by atoms with E-state index in [2.05, 4.69) is 37.3 Å². The van der Waals surface area contributed by atoms with Gasteiger partial charge >= 0.3 is 5.97 Å². The van der Waals surface area contributed by atoms with E-state index in [0.29, 0.717) is 18.7 Å². The molecule has 33 heavy (non-hydrogen) atoms. The van der Waals surface area contributed by atoms with Crippen molar-refractivity contribution in [2.75, 3.05) is 6.61 Å². The quantitative estimate of drug-likeness (QED) is 0.399. The Kier molecular flexibility index (Phi) is 6.52. The summed E-state index contributed by atoms with van der Waals surface area (Å²) in [6.45, 7) is 7.34. The fraction of sp³-hybridized carbons (Fsp3) is 0.250. The van der Waals surface area contributed by atoms with Crippen molar-refractivity contribution in [3.05, 3.63) is 89.1 Å². The summed E-state index contributed by atoms with van der Waals surface area (Å²) in [4.78, 5) is 11.7. The topological polar surface area (TPSA) is 77.5 Å². The molecule has 0 fully saturated rings.